The Morgan fingerprint density at radius 3 is 2.50 bits per heavy atom. The first-order valence-corrected chi connectivity index (χ1v) is 6.31. The molecule has 0 unspecified atom stereocenters. The molecule has 1 amide bonds. The van der Waals surface area contributed by atoms with E-state index >= 15 is 0 Å². The fourth-order valence-corrected chi connectivity index (χ4v) is 1.32. The van der Waals surface area contributed by atoms with Crippen molar-refractivity contribution in [1.29, 1.82) is 0 Å². The lowest BCUT2D eigenvalue weighted by Gasteiger charge is -2.08. The number of unbranched alkanes of at least 4 members (excludes halogenated alkanes) is 3. The van der Waals surface area contributed by atoms with Gasteiger partial charge >= 0.3 is 0 Å². The van der Waals surface area contributed by atoms with E-state index in [0.717, 1.165) is 19.4 Å². The van der Waals surface area contributed by atoms with E-state index in [2.05, 4.69) is 6.92 Å². The van der Waals surface area contributed by atoms with Crippen LogP contribution in [0, 0.1) is 0 Å². The topological polar surface area (TPSA) is 50.5 Å². The van der Waals surface area contributed by atoms with E-state index in [9.17, 15) is 9.59 Å². The Balaban J connectivity index is 0.000000327. The molecule has 1 aromatic heterocycles. The highest BCUT2D eigenvalue weighted by Crippen LogP contribution is 1.99. The third kappa shape index (κ3) is 8.56. The van der Waals surface area contributed by atoms with Gasteiger partial charge in [0, 0.05) is 20.5 Å². The van der Waals surface area contributed by atoms with Gasteiger partial charge in [-0.05, 0) is 18.6 Å². The molecule has 0 aliphatic carbocycles. The summed E-state index contributed by atoms with van der Waals surface area (Å²) < 4.78 is 4.75. The largest absolute Gasteiger partial charge is 0.461 e. The summed E-state index contributed by atoms with van der Waals surface area (Å²) in [6, 6.07) is 3.33. The molecule has 1 heterocycles. The maximum Gasteiger partial charge on any atom is 0.209 e. The van der Waals surface area contributed by atoms with Crippen LogP contribution in [-0.4, -0.2) is 30.7 Å². The summed E-state index contributed by atoms with van der Waals surface area (Å²) >= 11 is 0. The number of Topliss-reactive ketones (excluding diaryl/α,β-unsaturated/α-hetero) is 1. The van der Waals surface area contributed by atoms with Crippen LogP contribution in [-0.2, 0) is 4.79 Å². The van der Waals surface area contributed by atoms with Gasteiger partial charge < -0.3 is 9.32 Å². The smallest absolute Gasteiger partial charge is 0.209 e. The molecule has 1 rings (SSSR count). The quantitative estimate of drug-likeness (QED) is 0.426. The fourth-order valence-electron chi connectivity index (χ4n) is 1.32. The molecule has 0 spiro atoms. The number of amides is 1. The summed E-state index contributed by atoms with van der Waals surface area (Å²) in [5, 5.41) is 0. The zero-order chi connectivity index (χ0) is 13.8. The number of carbonyl (C=O) groups is 2. The molecule has 0 aromatic carbocycles. The minimum atomic E-state index is -0.0324. The van der Waals surface area contributed by atoms with Crippen LogP contribution in [0.4, 0.5) is 0 Å². The molecule has 1 aromatic rings. The zero-order valence-electron chi connectivity index (χ0n) is 11.5. The van der Waals surface area contributed by atoms with Crippen molar-refractivity contribution < 1.29 is 14.0 Å². The van der Waals surface area contributed by atoms with Crippen molar-refractivity contribution in [3.8, 4) is 0 Å². The Morgan fingerprint density at radius 1 is 1.39 bits per heavy atom. The molecule has 102 valence electrons. The first-order valence-electron chi connectivity index (χ1n) is 6.31. The van der Waals surface area contributed by atoms with Gasteiger partial charge in [0.05, 0.1) is 6.26 Å². The highest BCUT2D eigenvalue weighted by Gasteiger charge is 1.97. The van der Waals surface area contributed by atoms with Crippen molar-refractivity contribution in [3.63, 3.8) is 0 Å². The number of hydrogen-bond donors (Lipinski definition) is 0. The molecule has 0 fully saturated rings. The van der Waals surface area contributed by atoms with Crippen LogP contribution in [0.15, 0.2) is 22.8 Å². The fraction of sp³-hybridized carbons (Fsp3) is 0.571. The third-order valence-corrected chi connectivity index (χ3v) is 2.41. The van der Waals surface area contributed by atoms with Gasteiger partial charge in [-0.1, -0.05) is 26.2 Å². The average Bonchev–Trinajstić information content (AvgIpc) is 2.89. The summed E-state index contributed by atoms with van der Waals surface area (Å²) in [7, 11) is 1.82. The molecule has 0 bridgehead atoms. The van der Waals surface area contributed by atoms with E-state index in [1.807, 2.05) is 7.05 Å². The summed E-state index contributed by atoms with van der Waals surface area (Å²) in [5.41, 5.74) is 0. The molecule has 0 saturated heterocycles. The molecule has 0 radical (unpaired) electrons. The number of nitrogens with zero attached hydrogens (tertiary/aromatic N) is 1. The lowest BCUT2D eigenvalue weighted by atomic mass is 10.2. The third-order valence-electron chi connectivity index (χ3n) is 2.41. The zero-order valence-corrected chi connectivity index (χ0v) is 11.5. The van der Waals surface area contributed by atoms with Crippen molar-refractivity contribution in [3.05, 3.63) is 24.2 Å². The number of rotatable bonds is 7. The van der Waals surface area contributed by atoms with Gasteiger partial charge in [0.1, 0.15) is 0 Å². The standard InChI is InChI=1S/C8H17NO.C6H6O2/c1-3-4-5-6-7-9(2)8-10;1-5(7)6-3-2-4-8-6/h8H,3-7H2,1-2H3;2-4H,1H3. The molecular formula is C14H23NO3. The van der Waals surface area contributed by atoms with Gasteiger partial charge in [-0.3, -0.25) is 9.59 Å². The molecule has 0 N–H and O–H groups in total. The van der Waals surface area contributed by atoms with Gasteiger partial charge in [-0.15, -0.1) is 0 Å². The van der Waals surface area contributed by atoms with E-state index in [1.54, 1.807) is 17.0 Å². The normalized spacial score (nSPS) is 9.28. The van der Waals surface area contributed by atoms with Gasteiger partial charge in [-0.25, -0.2) is 0 Å². The summed E-state index contributed by atoms with van der Waals surface area (Å²) in [4.78, 5) is 22.2. The molecular weight excluding hydrogens is 230 g/mol. The number of furan rings is 1. The molecule has 4 heteroatoms. The van der Waals surface area contributed by atoms with Crippen molar-refractivity contribution in [2.24, 2.45) is 0 Å². The summed E-state index contributed by atoms with van der Waals surface area (Å²) in [6.45, 7) is 4.56. The summed E-state index contributed by atoms with van der Waals surface area (Å²) in [6.07, 6.45) is 7.29. The van der Waals surface area contributed by atoms with Crippen LogP contribution in [0.1, 0.15) is 50.1 Å². The van der Waals surface area contributed by atoms with E-state index < -0.39 is 0 Å². The summed E-state index contributed by atoms with van der Waals surface area (Å²) in [5.74, 6) is 0.389. The Bertz CT molecular complexity index is 320. The minimum Gasteiger partial charge on any atom is -0.461 e. The molecule has 18 heavy (non-hydrogen) atoms. The maximum atomic E-state index is 10.4. The molecule has 4 nitrogen and oxygen atoms in total. The van der Waals surface area contributed by atoms with E-state index in [1.165, 1.54) is 32.4 Å². The van der Waals surface area contributed by atoms with Gasteiger partial charge in [0.2, 0.25) is 6.41 Å². The average molecular weight is 253 g/mol. The Labute approximate surface area is 109 Å². The Hall–Kier alpha value is -1.58. The van der Waals surface area contributed by atoms with Crippen LogP contribution >= 0.6 is 0 Å². The van der Waals surface area contributed by atoms with E-state index in [4.69, 9.17) is 4.42 Å². The highest BCUT2D eigenvalue weighted by atomic mass is 16.3. The van der Waals surface area contributed by atoms with Crippen LogP contribution in [0.3, 0.4) is 0 Å². The molecule has 0 atom stereocenters. The van der Waals surface area contributed by atoms with Gasteiger partial charge in [0.15, 0.2) is 11.5 Å². The van der Waals surface area contributed by atoms with Crippen LogP contribution < -0.4 is 0 Å². The Morgan fingerprint density at radius 2 is 2.11 bits per heavy atom. The monoisotopic (exact) mass is 253 g/mol. The van der Waals surface area contributed by atoms with Crippen molar-refractivity contribution >= 4 is 12.2 Å². The number of ketones is 1. The SMILES string of the molecule is CC(=O)c1ccco1.CCCCCCN(C)C=O. The number of hydrogen-bond acceptors (Lipinski definition) is 3. The van der Waals surface area contributed by atoms with Crippen molar-refractivity contribution in [1.82, 2.24) is 4.90 Å². The molecule has 0 aliphatic rings. The minimum absolute atomic E-state index is 0.0324. The van der Waals surface area contributed by atoms with Crippen molar-refractivity contribution in [2.45, 2.75) is 39.5 Å². The second-order valence-corrected chi connectivity index (χ2v) is 4.18. The Kier molecular flexibility index (Phi) is 9.64. The highest BCUT2D eigenvalue weighted by molar-refractivity contribution is 5.91. The van der Waals surface area contributed by atoms with Crippen LogP contribution in [0.5, 0.6) is 0 Å². The van der Waals surface area contributed by atoms with Crippen LogP contribution in [0.2, 0.25) is 0 Å². The molecule has 0 saturated carbocycles. The van der Waals surface area contributed by atoms with Crippen LogP contribution in [0.25, 0.3) is 0 Å². The van der Waals surface area contributed by atoms with Gasteiger partial charge in [0.25, 0.3) is 0 Å². The van der Waals surface area contributed by atoms with E-state index in [0.29, 0.717) is 5.76 Å². The molecule has 0 aliphatic heterocycles. The lowest BCUT2D eigenvalue weighted by Crippen LogP contribution is -2.16. The maximum absolute atomic E-state index is 10.4. The van der Waals surface area contributed by atoms with Gasteiger partial charge in [-0.2, -0.15) is 0 Å². The lowest BCUT2D eigenvalue weighted by molar-refractivity contribution is -0.117. The second kappa shape index (κ2) is 10.6. The first-order chi connectivity index (χ1) is 8.61. The first kappa shape index (κ1) is 16.4. The predicted molar refractivity (Wildman–Crippen MR) is 71.5 cm³/mol. The predicted octanol–water partition coefficient (Wildman–Crippen LogP) is 3.14. The number of carbonyl (C=O) groups excluding carboxylic acids is 2. The second-order valence-electron chi connectivity index (χ2n) is 4.18. The van der Waals surface area contributed by atoms with E-state index in [-0.39, 0.29) is 5.78 Å². The van der Waals surface area contributed by atoms with Crippen molar-refractivity contribution in [2.75, 3.05) is 13.6 Å².